The predicted octanol–water partition coefficient (Wildman–Crippen LogP) is 0.730. The maximum absolute atomic E-state index is 13.5. The summed E-state index contributed by atoms with van der Waals surface area (Å²) in [7, 11) is 0. The van der Waals surface area contributed by atoms with Crippen LogP contribution in [0.15, 0.2) is 35.4 Å². The second-order valence-corrected chi connectivity index (χ2v) is 5.55. The Bertz CT molecular complexity index is 1010. The molecule has 122 valence electrons. The minimum Gasteiger partial charge on any atom is -0.364 e. The van der Waals surface area contributed by atoms with E-state index in [0.717, 1.165) is 22.4 Å². The molecular formula is C14H10FN5O3S. The smallest absolute Gasteiger partial charge is 0.273 e. The van der Waals surface area contributed by atoms with Crippen LogP contribution in [0.2, 0.25) is 0 Å². The molecule has 0 saturated heterocycles. The van der Waals surface area contributed by atoms with Crippen molar-refractivity contribution in [3.63, 3.8) is 0 Å². The molecule has 10 heteroatoms. The molecule has 2 aromatic heterocycles. The molecule has 0 bridgehead atoms. The van der Waals surface area contributed by atoms with Crippen molar-refractivity contribution in [2.24, 2.45) is 5.73 Å². The molecule has 3 N–H and O–H groups in total. The zero-order valence-electron chi connectivity index (χ0n) is 12.0. The van der Waals surface area contributed by atoms with Gasteiger partial charge in [0.1, 0.15) is 22.6 Å². The number of carbonyl (C=O) groups is 2. The van der Waals surface area contributed by atoms with Gasteiger partial charge in [0.25, 0.3) is 11.5 Å². The number of primary amides is 1. The molecule has 0 aliphatic rings. The molecule has 0 aliphatic heterocycles. The number of aromatic nitrogens is 3. The Morgan fingerprint density at radius 3 is 2.79 bits per heavy atom. The van der Waals surface area contributed by atoms with Crippen molar-refractivity contribution < 1.29 is 14.0 Å². The predicted molar refractivity (Wildman–Crippen MR) is 85.2 cm³/mol. The average Bonchev–Trinajstić information content (AvgIpc) is 2.97. The first-order chi connectivity index (χ1) is 11.5. The van der Waals surface area contributed by atoms with Crippen molar-refractivity contribution in [2.75, 3.05) is 5.32 Å². The van der Waals surface area contributed by atoms with Gasteiger partial charge >= 0.3 is 0 Å². The number of hydrogen-bond acceptors (Lipinski definition) is 6. The number of hydrogen-bond donors (Lipinski definition) is 2. The lowest BCUT2D eigenvalue weighted by Gasteiger charge is -2.07. The van der Waals surface area contributed by atoms with Crippen LogP contribution >= 0.6 is 11.5 Å². The van der Waals surface area contributed by atoms with Gasteiger partial charge in [-0.2, -0.15) is 4.37 Å². The van der Waals surface area contributed by atoms with Gasteiger partial charge in [-0.1, -0.05) is 12.1 Å². The van der Waals surface area contributed by atoms with E-state index >= 15 is 0 Å². The maximum atomic E-state index is 13.5. The van der Waals surface area contributed by atoms with Crippen LogP contribution < -0.4 is 16.6 Å². The molecule has 8 nitrogen and oxygen atoms in total. The summed E-state index contributed by atoms with van der Waals surface area (Å²) in [6, 6.07) is 5.67. The minimum atomic E-state index is -0.789. The number of rotatable bonds is 4. The standard InChI is InChI=1S/C14H10FN5O3S/c15-7-3-1-2-4-8(7)18-9(21)5-20-6-17-10-11(13(16)22)19-24-12(10)14(20)23/h1-4,6H,5H2,(H2,16,22)(H,18,21). The lowest BCUT2D eigenvalue weighted by Crippen LogP contribution is -2.28. The number of halogens is 1. The Kier molecular flexibility index (Phi) is 4.04. The van der Waals surface area contributed by atoms with Gasteiger partial charge in [-0.25, -0.2) is 9.37 Å². The van der Waals surface area contributed by atoms with Crippen LogP contribution in [0.25, 0.3) is 10.2 Å². The summed E-state index contributed by atoms with van der Waals surface area (Å²) in [6.07, 6.45) is 1.12. The highest BCUT2D eigenvalue weighted by molar-refractivity contribution is 7.13. The molecule has 0 radical (unpaired) electrons. The minimum absolute atomic E-state index is 0.0124. The third kappa shape index (κ3) is 2.86. The molecule has 0 spiro atoms. The molecule has 2 heterocycles. The molecule has 0 unspecified atom stereocenters. The first-order valence-corrected chi connectivity index (χ1v) is 7.43. The van der Waals surface area contributed by atoms with Crippen molar-refractivity contribution in [3.05, 3.63) is 52.5 Å². The summed E-state index contributed by atoms with van der Waals surface area (Å²) in [5.41, 5.74) is 4.64. The Morgan fingerprint density at radius 1 is 1.33 bits per heavy atom. The van der Waals surface area contributed by atoms with E-state index in [0.29, 0.717) is 0 Å². The molecule has 1 aromatic carbocycles. The quantitative estimate of drug-likeness (QED) is 0.721. The summed E-state index contributed by atoms with van der Waals surface area (Å²) < 4.78 is 18.5. The first kappa shape index (κ1) is 15.7. The molecule has 0 fully saturated rings. The number of nitrogens with zero attached hydrogens (tertiary/aromatic N) is 3. The van der Waals surface area contributed by atoms with Crippen LogP contribution in [-0.2, 0) is 11.3 Å². The molecule has 2 amide bonds. The highest BCUT2D eigenvalue weighted by Gasteiger charge is 2.17. The fourth-order valence-corrected chi connectivity index (χ4v) is 2.83. The molecular weight excluding hydrogens is 337 g/mol. The van der Waals surface area contributed by atoms with Gasteiger partial charge in [-0.15, -0.1) is 0 Å². The van der Waals surface area contributed by atoms with E-state index in [-0.39, 0.29) is 28.1 Å². The number of benzene rings is 1. The Morgan fingerprint density at radius 2 is 2.08 bits per heavy atom. The lowest BCUT2D eigenvalue weighted by molar-refractivity contribution is -0.116. The van der Waals surface area contributed by atoms with Crippen molar-refractivity contribution in [1.29, 1.82) is 0 Å². The van der Waals surface area contributed by atoms with E-state index in [2.05, 4.69) is 14.7 Å². The molecule has 24 heavy (non-hydrogen) atoms. The van der Waals surface area contributed by atoms with Crippen molar-refractivity contribution in [3.8, 4) is 0 Å². The SMILES string of the molecule is NC(=O)c1nsc2c(=O)n(CC(=O)Nc3ccccc3F)cnc12. The van der Waals surface area contributed by atoms with E-state index in [1.54, 1.807) is 6.07 Å². The van der Waals surface area contributed by atoms with Gasteiger partial charge in [-0.3, -0.25) is 19.0 Å². The largest absolute Gasteiger partial charge is 0.364 e. The Balaban J connectivity index is 1.87. The fraction of sp³-hybridized carbons (Fsp3) is 0.0714. The second-order valence-electron chi connectivity index (χ2n) is 4.78. The van der Waals surface area contributed by atoms with Crippen molar-refractivity contribution in [1.82, 2.24) is 13.9 Å². The zero-order valence-corrected chi connectivity index (χ0v) is 12.8. The Labute approximate surface area is 137 Å². The van der Waals surface area contributed by atoms with Gasteiger partial charge in [0.2, 0.25) is 5.91 Å². The third-order valence-electron chi connectivity index (χ3n) is 3.14. The van der Waals surface area contributed by atoms with Crippen LogP contribution in [-0.4, -0.2) is 25.7 Å². The summed E-state index contributed by atoms with van der Waals surface area (Å²) in [4.78, 5) is 39.5. The number of fused-ring (bicyclic) bond motifs is 1. The number of nitrogens with one attached hydrogen (secondary N) is 1. The molecule has 3 aromatic rings. The van der Waals surface area contributed by atoms with E-state index in [9.17, 15) is 18.8 Å². The summed E-state index contributed by atoms with van der Waals surface area (Å²) in [5, 5.41) is 2.37. The van der Waals surface area contributed by atoms with Gasteiger partial charge in [0.15, 0.2) is 5.69 Å². The molecule has 0 atom stereocenters. The number of para-hydroxylation sites is 1. The fourth-order valence-electron chi connectivity index (χ4n) is 2.04. The molecule has 3 rings (SSSR count). The van der Waals surface area contributed by atoms with Gasteiger partial charge in [0.05, 0.1) is 12.0 Å². The average molecular weight is 347 g/mol. The van der Waals surface area contributed by atoms with Gasteiger partial charge in [-0.05, 0) is 23.7 Å². The van der Waals surface area contributed by atoms with Crippen LogP contribution in [0.4, 0.5) is 10.1 Å². The van der Waals surface area contributed by atoms with E-state index in [1.807, 2.05) is 0 Å². The highest BCUT2D eigenvalue weighted by atomic mass is 32.1. The van der Waals surface area contributed by atoms with Crippen molar-refractivity contribution >= 4 is 39.3 Å². The Hall–Kier alpha value is -3.14. The monoisotopic (exact) mass is 347 g/mol. The lowest BCUT2D eigenvalue weighted by atomic mass is 10.3. The van der Waals surface area contributed by atoms with Crippen LogP contribution in [0, 0.1) is 5.82 Å². The summed E-state index contributed by atoms with van der Waals surface area (Å²) in [5.74, 6) is -1.97. The van der Waals surface area contributed by atoms with Crippen LogP contribution in [0.5, 0.6) is 0 Å². The molecule has 0 saturated carbocycles. The number of carbonyl (C=O) groups excluding carboxylic acids is 2. The van der Waals surface area contributed by atoms with Gasteiger partial charge < -0.3 is 11.1 Å². The second kappa shape index (κ2) is 6.16. The van der Waals surface area contributed by atoms with E-state index in [4.69, 9.17) is 5.73 Å². The van der Waals surface area contributed by atoms with E-state index < -0.39 is 23.2 Å². The molecule has 0 aliphatic carbocycles. The topological polar surface area (TPSA) is 120 Å². The van der Waals surface area contributed by atoms with Gasteiger partial charge in [0, 0.05) is 0 Å². The van der Waals surface area contributed by atoms with E-state index in [1.165, 1.54) is 18.2 Å². The first-order valence-electron chi connectivity index (χ1n) is 6.66. The number of amides is 2. The zero-order chi connectivity index (χ0) is 17.3. The third-order valence-corrected chi connectivity index (χ3v) is 3.97. The van der Waals surface area contributed by atoms with Crippen LogP contribution in [0.1, 0.15) is 10.5 Å². The highest BCUT2D eigenvalue weighted by Crippen LogP contribution is 2.16. The van der Waals surface area contributed by atoms with Crippen molar-refractivity contribution in [2.45, 2.75) is 6.54 Å². The number of anilines is 1. The normalized spacial score (nSPS) is 10.7. The van der Waals surface area contributed by atoms with Crippen LogP contribution in [0.3, 0.4) is 0 Å². The maximum Gasteiger partial charge on any atom is 0.273 e. The number of nitrogens with two attached hydrogens (primary N) is 1. The summed E-state index contributed by atoms with van der Waals surface area (Å²) in [6.45, 7) is -0.361. The summed E-state index contributed by atoms with van der Waals surface area (Å²) >= 11 is 0.778.